The van der Waals surface area contributed by atoms with E-state index in [1.54, 1.807) is 18.2 Å². The zero-order valence-electron chi connectivity index (χ0n) is 15.9. The number of hydrogen-bond acceptors (Lipinski definition) is 3. The molecule has 1 saturated carbocycles. The van der Waals surface area contributed by atoms with Gasteiger partial charge in [0.05, 0.1) is 16.1 Å². The summed E-state index contributed by atoms with van der Waals surface area (Å²) >= 11 is 12.1. The van der Waals surface area contributed by atoms with Crippen molar-refractivity contribution in [1.29, 1.82) is 0 Å². The third-order valence-corrected chi connectivity index (χ3v) is 6.49. The van der Waals surface area contributed by atoms with Crippen LogP contribution in [0.15, 0.2) is 18.2 Å². The number of piperidine rings is 1. The quantitative estimate of drug-likeness (QED) is 0.698. The summed E-state index contributed by atoms with van der Waals surface area (Å²) in [7, 11) is 0. The number of amides is 1. The molecule has 1 saturated heterocycles. The molecule has 148 valence electrons. The molecule has 0 aromatic heterocycles. The maximum absolute atomic E-state index is 13.3. The standard InChI is InChI=1S/C21H28Cl2N2O2/c1-2-10-25(21(27)15-6-8-17(22)18(23)13-15)20-14-16(26)7-9-19(20)24-11-4-3-5-12-24/h6,8,13,19-20H,2-5,7,9-12,14H2,1H3. The highest BCUT2D eigenvalue weighted by Gasteiger charge is 2.39. The molecule has 2 unspecified atom stereocenters. The molecule has 0 N–H and O–H groups in total. The van der Waals surface area contributed by atoms with Gasteiger partial charge in [0.15, 0.2) is 0 Å². The lowest BCUT2D eigenvalue weighted by Crippen LogP contribution is -2.57. The van der Waals surface area contributed by atoms with Crippen LogP contribution in [0.4, 0.5) is 0 Å². The van der Waals surface area contributed by atoms with Gasteiger partial charge >= 0.3 is 0 Å². The van der Waals surface area contributed by atoms with E-state index in [1.807, 2.05) is 4.90 Å². The van der Waals surface area contributed by atoms with Crippen LogP contribution < -0.4 is 0 Å². The number of hydrogen-bond donors (Lipinski definition) is 0. The van der Waals surface area contributed by atoms with Crippen molar-refractivity contribution >= 4 is 34.9 Å². The number of halogens is 2. The second-order valence-electron chi connectivity index (χ2n) is 7.64. The van der Waals surface area contributed by atoms with Crippen LogP contribution in [0.3, 0.4) is 0 Å². The van der Waals surface area contributed by atoms with Gasteiger partial charge in [0.25, 0.3) is 5.91 Å². The molecule has 0 bridgehead atoms. The topological polar surface area (TPSA) is 40.6 Å². The highest BCUT2D eigenvalue weighted by molar-refractivity contribution is 6.42. The van der Waals surface area contributed by atoms with Crippen LogP contribution in [-0.2, 0) is 4.79 Å². The molecular weight excluding hydrogens is 383 g/mol. The fraction of sp³-hybridized carbons (Fsp3) is 0.619. The molecule has 2 atom stereocenters. The van der Waals surface area contributed by atoms with Gasteiger partial charge in [-0.05, 0) is 57.0 Å². The van der Waals surface area contributed by atoms with Gasteiger partial charge in [-0.1, -0.05) is 36.5 Å². The number of carbonyl (C=O) groups is 2. The summed E-state index contributed by atoms with van der Waals surface area (Å²) in [6.45, 7) is 4.84. The fourth-order valence-electron chi connectivity index (χ4n) is 4.42. The molecule has 6 heteroatoms. The minimum Gasteiger partial charge on any atom is -0.334 e. The summed E-state index contributed by atoms with van der Waals surface area (Å²) in [5, 5.41) is 0.820. The van der Waals surface area contributed by atoms with Crippen LogP contribution in [-0.4, -0.2) is 53.2 Å². The zero-order chi connectivity index (χ0) is 19.4. The van der Waals surface area contributed by atoms with Gasteiger partial charge in [-0.15, -0.1) is 0 Å². The molecule has 1 amide bonds. The Balaban J connectivity index is 1.88. The van der Waals surface area contributed by atoms with E-state index in [2.05, 4.69) is 11.8 Å². The van der Waals surface area contributed by atoms with E-state index < -0.39 is 0 Å². The Morgan fingerprint density at radius 1 is 1.19 bits per heavy atom. The molecule has 4 nitrogen and oxygen atoms in total. The Morgan fingerprint density at radius 3 is 2.59 bits per heavy atom. The maximum atomic E-state index is 13.3. The Labute approximate surface area is 171 Å². The largest absolute Gasteiger partial charge is 0.334 e. The van der Waals surface area contributed by atoms with E-state index in [4.69, 9.17) is 23.2 Å². The normalized spacial score (nSPS) is 24.0. The Kier molecular flexibility index (Phi) is 7.18. The van der Waals surface area contributed by atoms with Gasteiger partial charge in [-0.25, -0.2) is 0 Å². The molecule has 1 aliphatic heterocycles. The summed E-state index contributed by atoms with van der Waals surface area (Å²) in [4.78, 5) is 30.0. The first-order valence-corrected chi connectivity index (χ1v) is 10.8. The number of rotatable bonds is 5. The number of likely N-dealkylation sites (tertiary alicyclic amines) is 1. The molecule has 0 radical (unpaired) electrons. The Hall–Kier alpha value is -1.10. The first kappa shape index (κ1) is 20.6. The van der Waals surface area contributed by atoms with Gasteiger partial charge in [-0.3, -0.25) is 14.5 Å². The van der Waals surface area contributed by atoms with Gasteiger partial charge in [0.1, 0.15) is 5.78 Å². The van der Waals surface area contributed by atoms with E-state index in [0.717, 1.165) is 25.9 Å². The maximum Gasteiger partial charge on any atom is 0.254 e. The molecule has 1 aromatic rings. The summed E-state index contributed by atoms with van der Waals surface area (Å²) in [5.74, 6) is 0.202. The molecule has 3 rings (SSSR count). The highest BCUT2D eigenvalue weighted by Crippen LogP contribution is 2.30. The average Bonchev–Trinajstić information content (AvgIpc) is 2.68. The lowest BCUT2D eigenvalue weighted by molar-refractivity contribution is -0.123. The van der Waals surface area contributed by atoms with Gasteiger partial charge < -0.3 is 4.90 Å². The predicted octanol–water partition coefficient (Wildman–Crippen LogP) is 4.82. The van der Waals surface area contributed by atoms with Crippen LogP contribution in [0.25, 0.3) is 0 Å². The van der Waals surface area contributed by atoms with Crippen molar-refractivity contribution in [3.63, 3.8) is 0 Å². The number of ketones is 1. The van der Waals surface area contributed by atoms with Crippen molar-refractivity contribution in [3.8, 4) is 0 Å². The van der Waals surface area contributed by atoms with E-state index in [9.17, 15) is 9.59 Å². The summed E-state index contributed by atoms with van der Waals surface area (Å²) in [6, 6.07) is 5.22. The highest BCUT2D eigenvalue weighted by atomic mass is 35.5. The summed E-state index contributed by atoms with van der Waals surface area (Å²) in [6.07, 6.45) is 6.45. The van der Waals surface area contributed by atoms with Crippen molar-refractivity contribution in [2.45, 2.75) is 64.0 Å². The van der Waals surface area contributed by atoms with Crippen molar-refractivity contribution in [3.05, 3.63) is 33.8 Å². The van der Waals surface area contributed by atoms with Crippen LogP contribution in [0, 0.1) is 0 Å². The zero-order valence-corrected chi connectivity index (χ0v) is 17.4. The van der Waals surface area contributed by atoms with Gasteiger partial charge in [-0.2, -0.15) is 0 Å². The minimum absolute atomic E-state index is 0.0582. The first-order chi connectivity index (χ1) is 13.0. The van der Waals surface area contributed by atoms with Gasteiger partial charge in [0, 0.05) is 31.0 Å². The molecule has 2 fully saturated rings. The Bertz CT molecular complexity index is 689. The first-order valence-electron chi connectivity index (χ1n) is 10.0. The van der Waals surface area contributed by atoms with Crippen LogP contribution in [0.5, 0.6) is 0 Å². The average molecular weight is 411 g/mol. The number of Topliss-reactive ketones (excluding diaryl/α,β-unsaturated/α-hetero) is 1. The fourth-order valence-corrected chi connectivity index (χ4v) is 4.72. The molecule has 2 aliphatic rings. The minimum atomic E-state index is -0.0637. The second kappa shape index (κ2) is 9.40. The number of nitrogens with zero attached hydrogens (tertiary/aromatic N) is 2. The van der Waals surface area contributed by atoms with Crippen LogP contribution in [0.1, 0.15) is 62.2 Å². The molecule has 0 spiro atoms. The van der Waals surface area contributed by atoms with Crippen molar-refractivity contribution < 1.29 is 9.59 Å². The third kappa shape index (κ3) is 4.85. The number of carbonyl (C=O) groups excluding carboxylic acids is 2. The Morgan fingerprint density at radius 2 is 1.93 bits per heavy atom. The van der Waals surface area contributed by atoms with Gasteiger partial charge in [0.2, 0.25) is 0 Å². The van der Waals surface area contributed by atoms with E-state index in [1.165, 1.54) is 19.3 Å². The van der Waals surface area contributed by atoms with Crippen molar-refractivity contribution in [1.82, 2.24) is 9.80 Å². The predicted molar refractivity (Wildman–Crippen MR) is 110 cm³/mol. The van der Waals surface area contributed by atoms with E-state index >= 15 is 0 Å². The SMILES string of the molecule is CCCN(C(=O)c1ccc(Cl)c(Cl)c1)C1CC(=O)CCC1N1CCCCC1. The second-order valence-corrected chi connectivity index (χ2v) is 8.45. The summed E-state index contributed by atoms with van der Waals surface area (Å²) in [5.41, 5.74) is 0.535. The van der Waals surface area contributed by atoms with E-state index in [0.29, 0.717) is 35.0 Å². The molecule has 27 heavy (non-hydrogen) atoms. The van der Waals surface area contributed by atoms with E-state index in [-0.39, 0.29) is 23.8 Å². The number of benzene rings is 1. The molecule has 1 heterocycles. The molecule has 1 aliphatic carbocycles. The van der Waals surface area contributed by atoms with Crippen molar-refractivity contribution in [2.24, 2.45) is 0 Å². The summed E-state index contributed by atoms with van der Waals surface area (Å²) < 4.78 is 0. The lowest BCUT2D eigenvalue weighted by atomic mass is 9.85. The van der Waals surface area contributed by atoms with Crippen LogP contribution in [0.2, 0.25) is 10.0 Å². The van der Waals surface area contributed by atoms with Crippen LogP contribution >= 0.6 is 23.2 Å². The molecular formula is C21H28Cl2N2O2. The lowest BCUT2D eigenvalue weighted by Gasteiger charge is -2.45. The van der Waals surface area contributed by atoms with Crippen molar-refractivity contribution in [2.75, 3.05) is 19.6 Å². The third-order valence-electron chi connectivity index (χ3n) is 5.75. The monoisotopic (exact) mass is 410 g/mol. The smallest absolute Gasteiger partial charge is 0.254 e. The molecule has 1 aromatic carbocycles.